The number of unbranched alkanes of at least 4 members (excludes halogenated alkanes) is 1. The van der Waals surface area contributed by atoms with E-state index in [4.69, 9.17) is 10.5 Å². The lowest BCUT2D eigenvalue weighted by Crippen LogP contribution is -2.54. The standard InChI is InChI=1S/C17H28N2O2/c1-4-7-13-19(5-2)14-17(18,16(20)21-6-3)15-11-9-8-10-12-15/h8-12H,4-7,13-14,18H2,1-3H3. The van der Waals surface area contributed by atoms with Crippen LogP contribution in [0, 0.1) is 0 Å². The molecule has 0 saturated carbocycles. The maximum Gasteiger partial charge on any atom is 0.332 e. The van der Waals surface area contributed by atoms with Gasteiger partial charge in [-0.1, -0.05) is 50.6 Å². The van der Waals surface area contributed by atoms with Crippen LogP contribution in [0.15, 0.2) is 30.3 Å². The Hall–Kier alpha value is -1.39. The van der Waals surface area contributed by atoms with E-state index in [9.17, 15) is 4.79 Å². The Morgan fingerprint density at radius 1 is 1.24 bits per heavy atom. The summed E-state index contributed by atoms with van der Waals surface area (Å²) in [7, 11) is 0. The van der Waals surface area contributed by atoms with Gasteiger partial charge in [-0.2, -0.15) is 0 Å². The Bertz CT molecular complexity index is 422. The van der Waals surface area contributed by atoms with Crippen LogP contribution in [0.2, 0.25) is 0 Å². The summed E-state index contributed by atoms with van der Waals surface area (Å²) < 4.78 is 5.22. The van der Waals surface area contributed by atoms with Crippen molar-refractivity contribution >= 4 is 5.97 Å². The van der Waals surface area contributed by atoms with Crippen LogP contribution in [0.25, 0.3) is 0 Å². The molecule has 4 heteroatoms. The fourth-order valence-electron chi connectivity index (χ4n) is 2.35. The summed E-state index contributed by atoms with van der Waals surface area (Å²) in [6.45, 7) is 8.68. The highest BCUT2D eigenvalue weighted by atomic mass is 16.5. The SMILES string of the molecule is CCCCN(CC)CC(N)(C(=O)OCC)c1ccccc1. The Morgan fingerprint density at radius 3 is 2.43 bits per heavy atom. The van der Waals surface area contributed by atoms with Crippen molar-refractivity contribution in [3.63, 3.8) is 0 Å². The number of carbonyl (C=O) groups excluding carboxylic acids is 1. The Kier molecular flexibility index (Phi) is 7.40. The summed E-state index contributed by atoms with van der Waals surface area (Å²) >= 11 is 0. The lowest BCUT2D eigenvalue weighted by molar-refractivity contribution is -0.151. The van der Waals surface area contributed by atoms with Gasteiger partial charge < -0.3 is 15.4 Å². The second-order valence-corrected chi connectivity index (χ2v) is 5.28. The van der Waals surface area contributed by atoms with E-state index in [-0.39, 0.29) is 5.97 Å². The molecule has 4 nitrogen and oxygen atoms in total. The van der Waals surface area contributed by atoms with E-state index < -0.39 is 5.54 Å². The first-order chi connectivity index (χ1) is 10.1. The van der Waals surface area contributed by atoms with Gasteiger partial charge in [-0.3, -0.25) is 0 Å². The van der Waals surface area contributed by atoms with Gasteiger partial charge in [0.1, 0.15) is 0 Å². The average molecular weight is 292 g/mol. The van der Waals surface area contributed by atoms with E-state index in [1.807, 2.05) is 30.3 Å². The zero-order chi connectivity index (χ0) is 15.7. The largest absolute Gasteiger partial charge is 0.464 e. The quantitative estimate of drug-likeness (QED) is 0.711. The molecule has 0 bridgehead atoms. The normalized spacial score (nSPS) is 14.0. The second-order valence-electron chi connectivity index (χ2n) is 5.28. The summed E-state index contributed by atoms with van der Waals surface area (Å²) in [5.41, 5.74) is 6.17. The van der Waals surface area contributed by atoms with Crippen molar-refractivity contribution in [1.29, 1.82) is 0 Å². The number of carbonyl (C=O) groups is 1. The van der Waals surface area contributed by atoms with Gasteiger partial charge >= 0.3 is 5.97 Å². The molecular formula is C17H28N2O2. The van der Waals surface area contributed by atoms with E-state index in [1.165, 1.54) is 0 Å². The fraction of sp³-hybridized carbons (Fsp3) is 0.588. The van der Waals surface area contributed by atoms with Crippen molar-refractivity contribution in [1.82, 2.24) is 4.90 Å². The Labute approximate surface area is 128 Å². The topological polar surface area (TPSA) is 55.6 Å². The molecule has 1 atom stereocenters. The second kappa shape index (κ2) is 8.80. The molecule has 118 valence electrons. The van der Waals surface area contributed by atoms with E-state index in [0.717, 1.165) is 31.5 Å². The first-order valence-electron chi connectivity index (χ1n) is 7.82. The molecule has 1 rings (SSSR count). The molecule has 0 amide bonds. The third-order valence-electron chi connectivity index (χ3n) is 3.68. The van der Waals surface area contributed by atoms with Crippen LogP contribution < -0.4 is 5.73 Å². The molecule has 0 aliphatic carbocycles. The number of likely N-dealkylation sites (N-methyl/N-ethyl adjacent to an activating group) is 1. The van der Waals surface area contributed by atoms with E-state index in [0.29, 0.717) is 13.2 Å². The third-order valence-corrected chi connectivity index (χ3v) is 3.68. The summed E-state index contributed by atoms with van der Waals surface area (Å²) in [6, 6.07) is 9.51. The predicted molar refractivity (Wildman–Crippen MR) is 86.0 cm³/mol. The monoisotopic (exact) mass is 292 g/mol. The molecule has 0 fully saturated rings. The maximum atomic E-state index is 12.4. The van der Waals surface area contributed by atoms with E-state index in [1.54, 1.807) is 6.92 Å². The van der Waals surface area contributed by atoms with Gasteiger partial charge in [-0.15, -0.1) is 0 Å². The Morgan fingerprint density at radius 2 is 1.90 bits per heavy atom. The van der Waals surface area contributed by atoms with Crippen LogP contribution in [-0.4, -0.2) is 37.1 Å². The number of nitrogens with zero attached hydrogens (tertiary/aromatic N) is 1. The van der Waals surface area contributed by atoms with Crippen LogP contribution >= 0.6 is 0 Å². The number of hydrogen-bond acceptors (Lipinski definition) is 4. The molecule has 0 aromatic heterocycles. The lowest BCUT2D eigenvalue weighted by atomic mass is 9.90. The predicted octanol–water partition coefficient (Wildman–Crippen LogP) is 2.53. The zero-order valence-electron chi connectivity index (χ0n) is 13.5. The van der Waals surface area contributed by atoms with Gasteiger partial charge in [0.05, 0.1) is 6.61 Å². The third kappa shape index (κ3) is 4.83. The van der Waals surface area contributed by atoms with Gasteiger partial charge in [-0.05, 0) is 32.0 Å². The zero-order valence-corrected chi connectivity index (χ0v) is 13.5. The lowest BCUT2D eigenvalue weighted by Gasteiger charge is -2.33. The van der Waals surface area contributed by atoms with Crippen molar-refractivity contribution in [3.8, 4) is 0 Å². The molecular weight excluding hydrogens is 264 g/mol. The number of esters is 1. The minimum Gasteiger partial charge on any atom is -0.464 e. The highest BCUT2D eigenvalue weighted by molar-refractivity contribution is 5.82. The summed E-state index contributed by atoms with van der Waals surface area (Å²) in [5, 5.41) is 0. The smallest absolute Gasteiger partial charge is 0.332 e. The molecule has 1 aromatic rings. The van der Waals surface area contributed by atoms with Crippen LogP contribution in [0.4, 0.5) is 0 Å². The number of hydrogen-bond donors (Lipinski definition) is 1. The maximum absolute atomic E-state index is 12.4. The average Bonchev–Trinajstić information content (AvgIpc) is 2.52. The minimum absolute atomic E-state index is 0.339. The number of ether oxygens (including phenoxy) is 1. The van der Waals surface area contributed by atoms with Crippen molar-refractivity contribution < 1.29 is 9.53 Å². The van der Waals surface area contributed by atoms with Crippen molar-refractivity contribution in [2.45, 2.75) is 39.2 Å². The van der Waals surface area contributed by atoms with Gasteiger partial charge in [-0.25, -0.2) is 4.79 Å². The van der Waals surface area contributed by atoms with Crippen LogP contribution in [-0.2, 0) is 15.1 Å². The molecule has 0 aliphatic heterocycles. The molecule has 0 aliphatic rings. The number of rotatable bonds is 9. The molecule has 1 aromatic carbocycles. The first-order valence-corrected chi connectivity index (χ1v) is 7.82. The van der Waals surface area contributed by atoms with Crippen molar-refractivity contribution in [3.05, 3.63) is 35.9 Å². The highest BCUT2D eigenvalue weighted by Crippen LogP contribution is 2.22. The molecule has 2 N–H and O–H groups in total. The molecule has 1 unspecified atom stereocenters. The van der Waals surface area contributed by atoms with Gasteiger partial charge in [0.15, 0.2) is 5.54 Å². The van der Waals surface area contributed by atoms with Crippen LogP contribution in [0.3, 0.4) is 0 Å². The molecule has 21 heavy (non-hydrogen) atoms. The first kappa shape index (κ1) is 17.7. The van der Waals surface area contributed by atoms with Gasteiger partial charge in [0, 0.05) is 6.54 Å². The molecule has 0 heterocycles. The summed E-state index contributed by atoms with van der Waals surface area (Å²) in [4.78, 5) is 14.6. The summed E-state index contributed by atoms with van der Waals surface area (Å²) in [5.74, 6) is -0.355. The fourth-order valence-corrected chi connectivity index (χ4v) is 2.35. The van der Waals surface area contributed by atoms with Crippen LogP contribution in [0.1, 0.15) is 39.2 Å². The van der Waals surface area contributed by atoms with E-state index >= 15 is 0 Å². The van der Waals surface area contributed by atoms with Crippen molar-refractivity contribution in [2.75, 3.05) is 26.2 Å². The molecule has 0 saturated heterocycles. The highest BCUT2D eigenvalue weighted by Gasteiger charge is 2.38. The molecule has 0 spiro atoms. The Balaban J connectivity index is 2.99. The minimum atomic E-state index is -1.11. The van der Waals surface area contributed by atoms with Gasteiger partial charge in [0.2, 0.25) is 0 Å². The van der Waals surface area contributed by atoms with E-state index in [2.05, 4.69) is 18.7 Å². The number of nitrogens with two attached hydrogens (primary N) is 1. The molecule has 0 radical (unpaired) electrons. The van der Waals surface area contributed by atoms with Crippen molar-refractivity contribution in [2.24, 2.45) is 5.73 Å². The van der Waals surface area contributed by atoms with Gasteiger partial charge in [0.25, 0.3) is 0 Å². The number of benzene rings is 1. The summed E-state index contributed by atoms with van der Waals surface area (Å²) in [6.07, 6.45) is 2.22. The van der Waals surface area contributed by atoms with Crippen LogP contribution in [0.5, 0.6) is 0 Å².